The van der Waals surface area contributed by atoms with Crippen LogP contribution in [0.1, 0.15) is 0 Å². The van der Waals surface area contributed by atoms with Crippen LogP contribution in [0.15, 0.2) is 0 Å². The van der Waals surface area contributed by atoms with Crippen molar-refractivity contribution < 1.29 is 77.5 Å². The van der Waals surface area contributed by atoms with Gasteiger partial charge >= 0.3 is 56.6 Å². The zero-order valence-electron chi connectivity index (χ0n) is 4.97. The van der Waals surface area contributed by atoms with Crippen LogP contribution in [-0.4, -0.2) is 24.9 Å². The summed E-state index contributed by atoms with van der Waals surface area (Å²) in [5.41, 5.74) is 0. The van der Waals surface area contributed by atoms with Crippen molar-refractivity contribution in [3.05, 3.63) is 0 Å². The van der Waals surface area contributed by atoms with Crippen LogP contribution in [0.4, 0.5) is 13.2 Å². The minimum absolute atomic E-state index is 0. The largest absolute Gasteiger partial charge is 1.00 e. The SMILES string of the molecule is O=S(=O)([O-])C(F)(F)CF.[K+]. The molecule has 0 N–H and O–H groups in total. The van der Waals surface area contributed by atoms with Crippen LogP contribution in [0, 0.1) is 0 Å². The third kappa shape index (κ3) is 3.65. The standard InChI is InChI=1S/C2H3F3O3S.K/c3-1-2(4,5)9(6,7)8;/h1H2,(H,6,7,8);/q;+1/p-1. The molecule has 0 aliphatic heterocycles. The molecule has 0 heterocycles. The first-order chi connectivity index (χ1) is 3.81. The van der Waals surface area contributed by atoms with Crippen molar-refractivity contribution in [1.82, 2.24) is 0 Å². The Morgan fingerprint density at radius 2 is 1.70 bits per heavy atom. The summed E-state index contributed by atoms with van der Waals surface area (Å²) in [7, 11) is -5.81. The van der Waals surface area contributed by atoms with Gasteiger partial charge in [-0.2, -0.15) is 8.78 Å². The topological polar surface area (TPSA) is 57.2 Å². The molecule has 0 aliphatic rings. The maximum absolute atomic E-state index is 11.4. The molecule has 3 nitrogen and oxygen atoms in total. The fourth-order valence-electron chi connectivity index (χ4n) is 0.0668. The molecule has 0 saturated heterocycles. The average molecular weight is 202 g/mol. The van der Waals surface area contributed by atoms with E-state index >= 15 is 0 Å². The van der Waals surface area contributed by atoms with E-state index < -0.39 is 22.0 Å². The van der Waals surface area contributed by atoms with Crippen LogP contribution in [0.3, 0.4) is 0 Å². The number of halogens is 3. The molecule has 0 fully saturated rings. The van der Waals surface area contributed by atoms with E-state index in [0.717, 1.165) is 0 Å². The van der Waals surface area contributed by atoms with Gasteiger partial charge in [0.1, 0.15) is 0 Å². The first-order valence-corrected chi connectivity index (χ1v) is 3.11. The predicted octanol–water partition coefficient (Wildman–Crippen LogP) is -2.90. The summed E-state index contributed by atoms with van der Waals surface area (Å²) >= 11 is 0. The molecule has 0 unspecified atom stereocenters. The van der Waals surface area contributed by atoms with E-state index in [1.54, 1.807) is 0 Å². The quantitative estimate of drug-likeness (QED) is 0.356. The molecule has 10 heavy (non-hydrogen) atoms. The second kappa shape index (κ2) is 4.38. The molecular formula is C2H2F3KO3S. The van der Waals surface area contributed by atoms with E-state index in [-0.39, 0.29) is 51.4 Å². The van der Waals surface area contributed by atoms with Crippen LogP contribution in [0.25, 0.3) is 0 Å². The summed E-state index contributed by atoms with van der Waals surface area (Å²) in [5, 5.41) is -4.77. The van der Waals surface area contributed by atoms with E-state index in [9.17, 15) is 26.1 Å². The summed E-state index contributed by atoms with van der Waals surface area (Å²) in [5.74, 6) is 0. The molecule has 0 rings (SSSR count). The fraction of sp³-hybridized carbons (Fsp3) is 1.00. The second-order valence-electron chi connectivity index (χ2n) is 1.23. The molecule has 0 saturated carbocycles. The fourth-order valence-corrected chi connectivity index (χ4v) is 0.200. The number of alkyl halides is 3. The first-order valence-electron chi connectivity index (χ1n) is 1.70. The van der Waals surface area contributed by atoms with Crippen LogP contribution >= 0.6 is 0 Å². The van der Waals surface area contributed by atoms with Gasteiger partial charge in [0.2, 0.25) is 0 Å². The molecule has 8 heteroatoms. The molecule has 0 amide bonds. The maximum atomic E-state index is 11.4. The van der Waals surface area contributed by atoms with Crippen LogP contribution in [0.2, 0.25) is 0 Å². The molecule has 56 valence electrons. The smallest absolute Gasteiger partial charge is 0.743 e. The van der Waals surface area contributed by atoms with Crippen molar-refractivity contribution in [2.75, 3.05) is 6.67 Å². The summed E-state index contributed by atoms with van der Waals surface area (Å²) in [6, 6.07) is 0. The van der Waals surface area contributed by atoms with Gasteiger partial charge in [-0.25, -0.2) is 12.8 Å². The second-order valence-corrected chi connectivity index (χ2v) is 2.73. The van der Waals surface area contributed by atoms with E-state index in [1.807, 2.05) is 0 Å². The van der Waals surface area contributed by atoms with Crippen LogP contribution < -0.4 is 51.4 Å². The van der Waals surface area contributed by atoms with Gasteiger partial charge in [0, 0.05) is 0 Å². The Balaban J connectivity index is 0. The predicted molar refractivity (Wildman–Crippen MR) is 20.6 cm³/mol. The average Bonchev–Trinajstić information content (AvgIpc) is 1.64. The van der Waals surface area contributed by atoms with E-state index in [0.29, 0.717) is 0 Å². The first kappa shape index (κ1) is 13.9. The van der Waals surface area contributed by atoms with Crippen molar-refractivity contribution in [1.29, 1.82) is 0 Å². The van der Waals surface area contributed by atoms with E-state index in [4.69, 9.17) is 0 Å². The summed E-state index contributed by atoms with van der Waals surface area (Å²) in [6.07, 6.45) is 0. The van der Waals surface area contributed by atoms with Gasteiger partial charge in [0.25, 0.3) is 0 Å². The van der Waals surface area contributed by atoms with E-state index in [2.05, 4.69) is 0 Å². The number of hydrogen-bond acceptors (Lipinski definition) is 3. The van der Waals surface area contributed by atoms with Crippen LogP contribution in [0.5, 0.6) is 0 Å². The molecule has 0 radical (unpaired) electrons. The zero-order valence-corrected chi connectivity index (χ0v) is 8.91. The molecule has 0 aromatic rings. The van der Waals surface area contributed by atoms with Crippen molar-refractivity contribution >= 4 is 10.1 Å². The monoisotopic (exact) mass is 202 g/mol. The van der Waals surface area contributed by atoms with Crippen molar-refractivity contribution in [2.24, 2.45) is 0 Å². The molecule has 0 spiro atoms. The molecule has 0 bridgehead atoms. The Morgan fingerprint density at radius 3 is 1.70 bits per heavy atom. The van der Waals surface area contributed by atoms with Crippen molar-refractivity contribution in [2.45, 2.75) is 5.25 Å². The molecule has 0 aliphatic carbocycles. The van der Waals surface area contributed by atoms with Crippen LogP contribution in [-0.2, 0) is 10.1 Å². The van der Waals surface area contributed by atoms with Gasteiger partial charge in [-0.1, -0.05) is 0 Å². The third-order valence-electron chi connectivity index (χ3n) is 0.521. The van der Waals surface area contributed by atoms with Gasteiger partial charge in [0.15, 0.2) is 16.8 Å². The zero-order chi connectivity index (χ0) is 7.71. The van der Waals surface area contributed by atoms with Gasteiger partial charge in [0.05, 0.1) is 0 Å². The molecular weight excluding hydrogens is 200 g/mol. The number of rotatable bonds is 2. The van der Waals surface area contributed by atoms with Gasteiger partial charge in [-0.05, 0) is 0 Å². The Hall–Kier alpha value is 1.34. The van der Waals surface area contributed by atoms with Gasteiger partial charge < -0.3 is 4.55 Å². The molecule has 0 aromatic heterocycles. The maximum Gasteiger partial charge on any atom is 1.00 e. The van der Waals surface area contributed by atoms with E-state index in [1.165, 1.54) is 0 Å². The minimum Gasteiger partial charge on any atom is -0.743 e. The normalized spacial score (nSPS) is 12.4. The van der Waals surface area contributed by atoms with Crippen molar-refractivity contribution in [3.63, 3.8) is 0 Å². The number of hydrogen-bond donors (Lipinski definition) is 0. The Kier molecular flexibility index (Phi) is 6.09. The summed E-state index contributed by atoms with van der Waals surface area (Å²) < 4.78 is 61.7. The molecule has 0 atom stereocenters. The van der Waals surface area contributed by atoms with Gasteiger partial charge in [-0.15, -0.1) is 0 Å². The summed E-state index contributed by atoms with van der Waals surface area (Å²) in [4.78, 5) is 0. The molecule has 0 aromatic carbocycles. The Bertz CT molecular complexity index is 188. The third-order valence-corrected chi connectivity index (χ3v) is 1.36. The summed E-state index contributed by atoms with van der Waals surface area (Å²) in [6.45, 7) is -2.47. The minimum atomic E-state index is -5.81. The van der Waals surface area contributed by atoms with Gasteiger partial charge in [-0.3, -0.25) is 0 Å². The Labute approximate surface area is 98.2 Å². The van der Waals surface area contributed by atoms with Crippen molar-refractivity contribution in [3.8, 4) is 0 Å². The Morgan fingerprint density at radius 1 is 1.40 bits per heavy atom.